The van der Waals surface area contributed by atoms with Crippen molar-refractivity contribution in [2.45, 2.75) is 171 Å². The number of benzene rings is 4. The zero-order valence-corrected chi connectivity index (χ0v) is 60.9. The third-order valence-electron chi connectivity index (χ3n) is 17.3. The van der Waals surface area contributed by atoms with Crippen LogP contribution in [0.4, 0.5) is 0 Å². The van der Waals surface area contributed by atoms with E-state index in [2.05, 4.69) is 68.6 Å². The van der Waals surface area contributed by atoms with E-state index in [1.807, 2.05) is 31.0 Å². The molecule has 4 aromatic carbocycles. The van der Waals surface area contributed by atoms with E-state index >= 15 is 19.2 Å². The van der Waals surface area contributed by atoms with Gasteiger partial charge in [0.25, 0.3) is 0 Å². The number of aromatic nitrogens is 1. The maximum Gasteiger partial charge on any atom is 0.327 e. The third kappa shape index (κ3) is 27.8. The molecular weight excluding hydrogens is 1390 g/mol. The molecule has 1 aromatic heterocycles. The highest BCUT2D eigenvalue weighted by Gasteiger charge is 2.39. The second kappa shape index (κ2) is 44.4. The lowest BCUT2D eigenvalue weighted by Crippen LogP contribution is -2.63. The molecule has 0 aliphatic carbocycles. The molecule has 20 N–H and O–H groups in total. The molecule has 105 heavy (non-hydrogen) atoms. The first-order chi connectivity index (χ1) is 50.4. The Morgan fingerprint density at radius 2 is 0.924 bits per heavy atom. The van der Waals surface area contributed by atoms with E-state index in [0.29, 0.717) is 65.5 Å². The van der Waals surface area contributed by atoms with Crippen LogP contribution in [0, 0.1) is 0 Å². The van der Waals surface area contributed by atoms with Gasteiger partial charge >= 0.3 is 5.97 Å². The Balaban J connectivity index is 1.44. The standard InChI is InChI=1S/C72H100N16O15S2/c1-5-88(6-2)77-42-75-33-21-19-31-53-64(94)86-60(43(3)90)70(100)83-56(36-47-26-14-9-15-27-47)68(98)87-61(44(4)91)71(101)84-58(39-89)69(99)85-59(72(102)103)41-105-104-40-50(74)62(92)78-52(30-18-20-32-73)63(93)80-54(34-45-22-10-7-11-23-45)65(95)81-55(35-46-24-12-8-13-25-46)66(96)82-57(67(97)79-53)37-48-38-76-51-29-17-16-28-49(48)51/h7-17,22-29,38,42-44,50,52-61,76,89-91H,5-6,18-21,30-37,39-41,73-74H2,1-4H3,(H,75,77)(H,78,92)(H,79,97)(H,80,93)(H,81,95)(H,82,96)(H,83,100)(H,84,101)(H,85,99)(H,86,94)(H,87,98)(H,102,103)/t43-,44-,50+,52+,53?,54?,55+,56+,57?,58+,59+,60?,61?/m1/s1. The molecule has 6 rings (SSSR count). The second-order valence-electron chi connectivity index (χ2n) is 25.4. The van der Waals surface area contributed by atoms with E-state index in [1.54, 1.807) is 109 Å². The van der Waals surface area contributed by atoms with Crippen LogP contribution in [0.2, 0.25) is 0 Å². The summed E-state index contributed by atoms with van der Waals surface area (Å²) >= 11 is 0. The normalized spacial score (nSPS) is 23.8. The van der Waals surface area contributed by atoms with Gasteiger partial charge in [0.2, 0.25) is 59.1 Å². The fraction of sp³-hybridized carbons (Fsp3) is 0.472. The summed E-state index contributed by atoms with van der Waals surface area (Å²) in [6.07, 6.45) is 0.300. The molecule has 2 heterocycles. The summed E-state index contributed by atoms with van der Waals surface area (Å²) in [4.78, 5) is 167. The van der Waals surface area contributed by atoms with E-state index < -0.39 is 150 Å². The van der Waals surface area contributed by atoms with Gasteiger partial charge in [-0.2, -0.15) is 0 Å². The number of carbonyl (C=O) groups is 11. The number of aliphatic hydroxyl groups excluding tert-OH is 3. The number of carboxylic acids is 1. The van der Waals surface area contributed by atoms with Crippen molar-refractivity contribution >= 4 is 104 Å². The van der Waals surface area contributed by atoms with Crippen molar-refractivity contribution in [3.8, 4) is 0 Å². The number of hydrogen-bond acceptors (Lipinski definition) is 20. The van der Waals surface area contributed by atoms with Crippen molar-refractivity contribution in [2.24, 2.45) is 16.5 Å². The molecule has 31 nitrogen and oxygen atoms in total. The number of aliphatic carboxylic acids is 1. The Morgan fingerprint density at radius 3 is 1.40 bits per heavy atom. The predicted molar refractivity (Wildman–Crippen MR) is 399 cm³/mol. The van der Waals surface area contributed by atoms with Gasteiger partial charge in [0.1, 0.15) is 60.4 Å². The van der Waals surface area contributed by atoms with Gasteiger partial charge in [-0.15, -0.1) is 0 Å². The molecule has 1 fully saturated rings. The quantitative estimate of drug-likeness (QED) is 0.0110. The molecule has 1 saturated heterocycles. The molecule has 1 aliphatic heterocycles. The topological polar surface area (TPSA) is 484 Å². The number of nitrogens with one attached hydrogen (secondary N) is 12. The van der Waals surface area contributed by atoms with Crippen LogP contribution in [0.1, 0.15) is 88.5 Å². The van der Waals surface area contributed by atoms with E-state index in [0.717, 1.165) is 28.5 Å². The largest absolute Gasteiger partial charge is 0.480 e. The molecule has 5 unspecified atom stereocenters. The zero-order valence-electron chi connectivity index (χ0n) is 59.3. The maximum absolute atomic E-state index is 15.4. The highest BCUT2D eigenvalue weighted by molar-refractivity contribution is 8.76. The number of H-pyrrole nitrogens is 1. The Kier molecular flexibility index (Phi) is 35.7. The maximum atomic E-state index is 15.4. The number of hydrazine groups is 1. The minimum absolute atomic E-state index is 0.0310. The van der Waals surface area contributed by atoms with Crippen LogP contribution in [0.3, 0.4) is 0 Å². The highest BCUT2D eigenvalue weighted by Crippen LogP contribution is 2.24. The number of carbonyl (C=O) groups excluding carboxylic acids is 10. The first kappa shape index (κ1) is 84.5. The Labute approximate surface area is 617 Å². The van der Waals surface area contributed by atoms with Crippen LogP contribution in [0.15, 0.2) is 126 Å². The van der Waals surface area contributed by atoms with Crippen molar-refractivity contribution in [2.75, 3.05) is 44.3 Å². The predicted octanol–water partition coefficient (Wildman–Crippen LogP) is -0.979. The van der Waals surface area contributed by atoms with Crippen LogP contribution in [-0.4, -0.2) is 225 Å². The van der Waals surface area contributed by atoms with Crippen molar-refractivity contribution in [1.29, 1.82) is 0 Å². The SMILES string of the molecule is CCN(CC)NC=NCCCCC1NC(=O)C(Cc2c[nH]c3ccccc23)NC(=O)[C@H](Cc2ccccc2)NC(=O)C(Cc2ccccc2)NC(=O)[C@H](CCCCN)NC(=O)[C@@H](N)CSSC[C@@H](C(=O)O)NC(=O)[C@H](CO)NC(=O)C([C@@H](C)O)NC(=O)[C@H](Cc2ccccc2)NC(=O)C([C@@H](C)O)NC1=O. The van der Waals surface area contributed by atoms with Gasteiger partial charge < -0.3 is 95.5 Å². The molecule has 0 saturated carbocycles. The molecule has 570 valence electrons. The van der Waals surface area contributed by atoms with Gasteiger partial charge in [0, 0.05) is 73.9 Å². The number of nitrogens with two attached hydrogens (primary N) is 2. The van der Waals surface area contributed by atoms with Crippen LogP contribution < -0.4 is 70.1 Å². The number of hydrogen-bond donors (Lipinski definition) is 18. The summed E-state index contributed by atoms with van der Waals surface area (Å²) < 4.78 is 0. The number of amides is 10. The fourth-order valence-corrected chi connectivity index (χ4v) is 13.5. The lowest BCUT2D eigenvalue weighted by molar-refractivity contribution is -0.142. The van der Waals surface area contributed by atoms with E-state index in [-0.39, 0.29) is 69.5 Å². The first-order valence-electron chi connectivity index (χ1n) is 35.0. The van der Waals surface area contributed by atoms with Crippen molar-refractivity contribution in [3.05, 3.63) is 144 Å². The fourth-order valence-electron chi connectivity index (χ4n) is 11.2. The molecule has 0 spiro atoms. The summed E-state index contributed by atoms with van der Waals surface area (Å²) in [5.41, 5.74) is 18.2. The van der Waals surface area contributed by atoms with E-state index in [1.165, 1.54) is 13.3 Å². The second-order valence-corrected chi connectivity index (χ2v) is 27.9. The molecule has 1 aliphatic rings. The molecule has 13 atom stereocenters. The molecule has 0 bridgehead atoms. The van der Waals surface area contributed by atoms with Crippen LogP contribution in [0.25, 0.3) is 10.9 Å². The number of nitrogens with zero attached hydrogens (tertiary/aromatic N) is 2. The van der Waals surface area contributed by atoms with Crippen LogP contribution in [-0.2, 0) is 78.4 Å². The molecule has 5 aromatic rings. The third-order valence-corrected chi connectivity index (χ3v) is 19.7. The Bertz CT molecular complexity index is 3670. The number of rotatable bonds is 25. The first-order valence-corrected chi connectivity index (χ1v) is 37.5. The van der Waals surface area contributed by atoms with Gasteiger partial charge in [-0.1, -0.05) is 145 Å². The minimum atomic E-state index is -1.91. The van der Waals surface area contributed by atoms with E-state index in [9.17, 15) is 54.0 Å². The molecule has 33 heteroatoms. The van der Waals surface area contributed by atoms with Crippen molar-refractivity contribution in [1.82, 2.24) is 68.6 Å². The summed E-state index contributed by atoms with van der Waals surface area (Å²) in [6.45, 7) is 7.04. The average molecular weight is 1490 g/mol. The molecule has 0 radical (unpaired) electrons. The van der Waals surface area contributed by atoms with Gasteiger partial charge in [-0.05, 0) is 87.2 Å². The lowest BCUT2D eigenvalue weighted by Gasteiger charge is -2.29. The number of aliphatic imine (C=N–C) groups is 1. The van der Waals surface area contributed by atoms with Gasteiger partial charge in [-0.3, -0.25) is 52.9 Å². The number of aliphatic hydroxyl groups is 3. The van der Waals surface area contributed by atoms with Crippen molar-refractivity contribution in [3.63, 3.8) is 0 Å². The Hall–Kier alpha value is -9.48. The summed E-state index contributed by atoms with van der Waals surface area (Å²) in [5, 5.41) is 71.5. The number of para-hydroxylation sites is 1. The van der Waals surface area contributed by atoms with E-state index in [4.69, 9.17) is 11.5 Å². The number of unbranched alkanes of at least 4 members (excludes halogenated alkanes) is 2. The smallest absolute Gasteiger partial charge is 0.327 e. The van der Waals surface area contributed by atoms with Crippen molar-refractivity contribution < 1.29 is 73.2 Å². The number of carboxylic acid groups (broad SMARTS) is 1. The number of aromatic amines is 1. The lowest BCUT2D eigenvalue weighted by atomic mass is 10.00. The van der Waals surface area contributed by atoms with Crippen LogP contribution >= 0.6 is 21.6 Å². The summed E-state index contributed by atoms with van der Waals surface area (Å²) in [6, 6.07) is 15.3. The summed E-state index contributed by atoms with van der Waals surface area (Å²) in [7, 11) is 1.84. The zero-order chi connectivity index (χ0) is 76.4. The average Bonchev–Trinajstić information content (AvgIpc) is 1.73. The van der Waals surface area contributed by atoms with Gasteiger partial charge in [0.15, 0.2) is 0 Å². The molecule has 10 amide bonds. The van der Waals surface area contributed by atoms with Gasteiger partial charge in [-0.25, -0.2) is 9.80 Å². The Morgan fingerprint density at radius 1 is 0.524 bits per heavy atom. The monoisotopic (exact) mass is 1490 g/mol. The van der Waals surface area contributed by atoms with Crippen LogP contribution in [0.5, 0.6) is 0 Å². The number of fused-ring (bicyclic) bond motifs is 1. The van der Waals surface area contributed by atoms with Gasteiger partial charge in [0.05, 0.1) is 31.2 Å². The molecular formula is C72H100N16O15S2. The summed E-state index contributed by atoms with van der Waals surface area (Å²) in [5.74, 6) is -11.9. The minimum Gasteiger partial charge on any atom is -0.480 e. The highest BCUT2D eigenvalue weighted by atomic mass is 33.1.